The van der Waals surface area contributed by atoms with Crippen LogP contribution in [0.15, 0.2) is 67.1 Å². The second kappa shape index (κ2) is 9.93. The van der Waals surface area contributed by atoms with Crippen LogP contribution in [0, 0.1) is 18.6 Å². The number of nitrogens with zero attached hydrogens (tertiary/aromatic N) is 5. The van der Waals surface area contributed by atoms with Gasteiger partial charge in [-0.1, -0.05) is 6.58 Å². The molecule has 5 rings (SSSR count). The molecule has 0 aliphatic carbocycles. The number of benzene rings is 2. The molecule has 0 bridgehead atoms. The number of carbonyl (C=O) groups is 1. The normalized spacial score (nSPS) is 11.0. The van der Waals surface area contributed by atoms with Gasteiger partial charge in [0.1, 0.15) is 35.2 Å². The monoisotopic (exact) mass is 527 g/mol. The third kappa shape index (κ3) is 4.77. The highest BCUT2D eigenvalue weighted by Gasteiger charge is 2.26. The van der Waals surface area contributed by atoms with Crippen LogP contribution < -0.4 is 15.8 Å². The number of anilines is 2. The summed E-state index contributed by atoms with van der Waals surface area (Å²) in [7, 11) is 1.67. The Labute approximate surface area is 222 Å². The van der Waals surface area contributed by atoms with E-state index in [0.29, 0.717) is 28.0 Å². The van der Waals surface area contributed by atoms with E-state index in [1.165, 1.54) is 36.8 Å². The van der Waals surface area contributed by atoms with Crippen LogP contribution in [0.5, 0.6) is 11.8 Å². The third-order valence-electron chi connectivity index (χ3n) is 6.06. The average Bonchev–Trinajstić information content (AvgIpc) is 3.17. The zero-order valence-corrected chi connectivity index (χ0v) is 21.3. The molecule has 0 atom stereocenters. The lowest BCUT2D eigenvalue weighted by molar-refractivity contribution is -0.112. The van der Waals surface area contributed by atoms with Gasteiger partial charge in [-0.25, -0.2) is 28.7 Å². The molecule has 0 fully saturated rings. The minimum absolute atomic E-state index is 0.0755. The number of hydrogen-bond donors (Lipinski definition) is 2. The van der Waals surface area contributed by atoms with Gasteiger partial charge in [-0.3, -0.25) is 4.79 Å². The molecule has 1 amide bonds. The van der Waals surface area contributed by atoms with E-state index in [-0.39, 0.29) is 40.0 Å². The number of ether oxygens (including phenoxy) is 1. The third-order valence-corrected chi connectivity index (χ3v) is 6.06. The van der Waals surface area contributed by atoms with Gasteiger partial charge in [0, 0.05) is 53.0 Å². The molecule has 3 aromatic heterocycles. The predicted molar refractivity (Wildman–Crippen MR) is 144 cm³/mol. The largest absolute Gasteiger partial charge is 0.424 e. The topological polar surface area (TPSA) is 121 Å². The standard InChI is InChI=1S/C28H23F2N7O2/c1-14(2)27(38)36-16-5-7-19(20(29)11-16)24-22(23-25(31)33-13-34-26(23)37(24)4)18-8-6-17(12-21(18)30)39-28-32-10-9-15(3)35-28/h5-13H,1H2,2-4H3,(H,36,38)(H2,31,33,34). The quantitative estimate of drug-likeness (QED) is 0.277. The number of aromatic nitrogens is 5. The lowest BCUT2D eigenvalue weighted by Gasteiger charge is -2.13. The first kappa shape index (κ1) is 25.5. The fourth-order valence-corrected chi connectivity index (χ4v) is 4.22. The Balaban J connectivity index is 1.65. The molecule has 0 unspecified atom stereocenters. The van der Waals surface area contributed by atoms with Gasteiger partial charge in [-0.15, -0.1) is 0 Å². The van der Waals surface area contributed by atoms with E-state index < -0.39 is 17.5 Å². The molecular formula is C28H23F2N7O2. The summed E-state index contributed by atoms with van der Waals surface area (Å²) in [6, 6.07) is 10.3. The van der Waals surface area contributed by atoms with Crippen molar-refractivity contribution in [1.29, 1.82) is 0 Å². The van der Waals surface area contributed by atoms with Crippen molar-refractivity contribution in [3.8, 4) is 34.1 Å². The number of hydrogen-bond acceptors (Lipinski definition) is 7. The highest BCUT2D eigenvalue weighted by molar-refractivity contribution is 6.08. The van der Waals surface area contributed by atoms with Crippen LogP contribution in [0.1, 0.15) is 12.6 Å². The SMILES string of the molecule is C=C(C)C(=O)Nc1ccc(-c2c(-c3ccc(Oc4nccc(C)n4)cc3F)c3c(N)ncnc3n2C)c(F)c1. The van der Waals surface area contributed by atoms with E-state index in [0.717, 1.165) is 0 Å². The molecule has 0 spiro atoms. The van der Waals surface area contributed by atoms with E-state index in [1.807, 2.05) is 0 Å². The highest BCUT2D eigenvalue weighted by Crippen LogP contribution is 2.44. The molecule has 196 valence electrons. The molecule has 9 nitrogen and oxygen atoms in total. The van der Waals surface area contributed by atoms with E-state index in [2.05, 4.69) is 31.8 Å². The Morgan fingerprint density at radius 3 is 2.49 bits per heavy atom. The minimum atomic E-state index is -0.650. The Kier molecular flexibility index (Phi) is 6.48. The number of halogens is 2. The molecule has 3 N–H and O–H groups in total. The number of rotatable bonds is 6. The lowest BCUT2D eigenvalue weighted by Crippen LogP contribution is -2.12. The van der Waals surface area contributed by atoms with Gasteiger partial charge in [-0.2, -0.15) is 0 Å². The van der Waals surface area contributed by atoms with Crippen molar-refractivity contribution in [3.63, 3.8) is 0 Å². The molecule has 5 aromatic rings. The Bertz CT molecular complexity index is 1780. The molecule has 11 heteroatoms. The Hall–Kier alpha value is -5.19. The first-order chi connectivity index (χ1) is 18.6. The van der Waals surface area contributed by atoms with Crippen molar-refractivity contribution < 1.29 is 18.3 Å². The fraction of sp³-hybridized carbons (Fsp3) is 0.107. The van der Waals surface area contributed by atoms with Crippen LogP contribution in [0.25, 0.3) is 33.4 Å². The second-order valence-corrected chi connectivity index (χ2v) is 8.89. The zero-order valence-electron chi connectivity index (χ0n) is 21.3. The van der Waals surface area contributed by atoms with Gasteiger partial charge < -0.3 is 20.4 Å². The van der Waals surface area contributed by atoms with Crippen molar-refractivity contribution in [2.75, 3.05) is 11.1 Å². The summed E-state index contributed by atoms with van der Waals surface area (Å²) in [6.07, 6.45) is 2.82. The van der Waals surface area contributed by atoms with Crippen LogP contribution >= 0.6 is 0 Å². The summed E-state index contributed by atoms with van der Waals surface area (Å²) in [4.78, 5) is 28.6. The molecule has 0 saturated heterocycles. The van der Waals surface area contributed by atoms with Crippen LogP contribution in [0.2, 0.25) is 0 Å². The highest BCUT2D eigenvalue weighted by atomic mass is 19.1. The van der Waals surface area contributed by atoms with Crippen molar-refractivity contribution in [2.45, 2.75) is 13.8 Å². The molecule has 39 heavy (non-hydrogen) atoms. The first-order valence-corrected chi connectivity index (χ1v) is 11.8. The summed E-state index contributed by atoms with van der Waals surface area (Å²) >= 11 is 0. The molecule has 3 heterocycles. The van der Waals surface area contributed by atoms with Crippen molar-refractivity contribution >= 4 is 28.4 Å². The predicted octanol–water partition coefficient (Wildman–Crippen LogP) is 5.57. The molecule has 0 radical (unpaired) electrons. The lowest BCUT2D eigenvalue weighted by atomic mass is 9.97. The summed E-state index contributed by atoms with van der Waals surface area (Å²) < 4.78 is 38.5. The molecule has 0 aliphatic rings. The number of nitrogens with one attached hydrogen (secondary N) is 1. The average molecular weight is 528 g/mol. The number of fused-ring (bicyclic) bond motifs is 1. The van der Waals surface area contributed by atoms with Crippen LogP contribution in [-0.2, 0) is 11.8 Å². The van der Waals surface area contributed by atoms with Crippen LogP contribution in [-0.4, -0.2) is 30.4 Å². The maximum Gasteiger partial charge on any atom is 0.322 e. The second-order valence-electron chi connectivity index (χ2n) is 8.89. The van der Waals surface area contributed by atoms with E-state index in [9.17, 15) is 4.79 Å². The molecule has 0 aliphatic heterocycles. The number of nitrogen functional groups attached to an aromatic ring is 1. The maximum atomic E-state index is 15.7. The summed E-state index contributed by atoms with van der Waals surface area (Å²) in [5, 5.41) is 2.95. The number of aryl methyl sites for hydroxylation is 2. The molecule has 2 aromatic carbocycles. The fourth-order valence-electron chi connectivity index (χ4n) is 4.22. The number of carbonyl (C=O) groups excluding carboxylic acids is 1. The van der Waals surface area contributed by atoms with Crippen molar-refractivity contribution in [3.05, 3.63) is 84.5 Å². The van der Waals surface area contributed by atoms with Crippen molar-refractivity contribution in [1.82, 2.24) is 24.5 Å². The molecular weight excluding hydrogens is 504 g/mol. The van der Waals surface area contributed by atoms with Gasteiger partial charge in [0.05, 0.1) is 11.1 Å². The van der Waals surface area contributed by atoms with E-state index >= 15 is 8.78 Å². The van der Waals surface area contributed by atoms with Gasteiger partial charge in [-0.05, 0) is 50.2 Å². The summed E-state index contributed by atoms with van der Waals surface area (Å²) in [5.41, 5.74) is 8.73. The van der Waals surface area contributed by atoms with Gasteiger partial charge >= 0.3 is 6.01 Å². The van der Waals surface area contributed by atoms with Crippen LogP contribution in [0.3, 0.4) is 0 Å². The van der Waals surface area contributed by atoms with Gasteiger partial charge in [0.15, 0.2) is 0 Å². The van der Waals surface area contributed by atoms with Crippen LogP contribution in [0.4, 0.5) is 20.3 Å². The number of nitrogens with two attached hydrogens (primary N) is 1. The first-order valence-electron chi connectivity index (χ1n) is 11.8. The Morgan fingerprint density at radius 1 is 1.05 bits per heavy atom. The van der Waals surface area contributed by atoms with E-state index in [4.69, 9.17) is 10.5 Å². The smallest absolute Gasteiger partial charge is 0.322 e. The van der Waals surface area contributed by atoms with Gasteiger partial charge in [0.2, 0.25) is 0 Å². The summed E-state index contributed by atoms with van der Waals surface area (Å²) in [6.45, 7) is 6.92. The Morgan fingerprint density at radius 2 is 1.79 bits per heavy atom. The van der Waals surface area contributed by atoms with Gasteiger partial charge in [0.25, 0.3) is 5.91 Å². The molecule has 0 saturated carbocycles. The maximum absolute atomic E-state index is 15.7. The zero-order chi connectivity index (χ0) is 27.8. The minimum Gasteiger partial charge on any atom is -0.424 e. The summed E-state index contributed by atoms with van der Waals surface area (Å²) in [5.74, 6) is -1.45. The number of amides is 1. The van der Waals surface area contributed by atoms with Crippen molar-refractivity contribution in [2.24, 2.45) is 7.05 Å². The van der Waals surface area contributed by atoms with E-state index in [1.54, 1.807) is 43.7 Å².